The van der Waals surface area contributed by atoms with Crippen molar-refractivity contribution >= 4 is 28.3 Å². The number of ether oxygens (including phenoxy) is 1. The minimum Gasteiger partial charge on any atom is -0.493 e. The molecule has 0 spiro atoms. The molecule has 1 fully saturated rings. The number of alkyl halides is 1. The molecule has 2 rings (SSSR count). The number of halogens is 1. The van der Waals surface area contributed by atoms with E-state index in [0.29, 0.717) is 6.61 Å². The standard InChI is InChI=1S/C13H16BBrN2O/c15-7-10-18-13-3-1-12(2-4-13)17-8-5-14(11-16)6-9-17/h1-4H,5-10H2. The number of hydrogen-bond donors (Lipinski definition) is 0. The average Bonchev–Trinajstić information content (AvgIpc) is 2.46. The van der Waals surface area contributed by atoms with Gasteiger partial charge in [-0.2, -0.15) is 0 Å². The third-order valence-corrected chi connectivity index (χ3v) is 3.55. The van der Waals surface area contributed by atoms with Crippen molar-refractivity contribution in [2.45, 2.75) is 12.6 Å². The summed E-state index contributed by atoms with van der Waals surface area (Å²) in [6.45, 7) is 2.87. The Labute approximate surface area is 117 Å². The van der Waals surface area contributed by atoms with Crippen molar-refractivity contribution in [3.63, 3.8) is 0 Å². The van der Waals surface area contributed by atoms with Crippen LogP contribution in [0.3, 0.4) is 0 Å². The van der Waals surface area contributed by atoms with Crippen molar-refractivity contribution in [3.8, 4) is 11.7 Å². The number of anilines is 1. The van der Waals surface area contributed by atoms with Crippen molar-refractivity contribution in [3.05, 3.63) is 24.3 Å². The Bertz CT molecular complexity index is 410. The minimum absolute atomic E-state index is 0.239. The van der Waals surface area contributed by atoms with E-state index in [1.807, 2.05) is 12.1 Å². The molecule has 18 heavy (non-hydrogen) atoms. The van der Waals surface area contributed by atoms with Crippen LogP contribution in [0.15, 0.2) is 24.3 Å². The van der Waals surface area contributed by atoms with Gasteiger partial charge in [0, 0.05) is 30.1 Å². The average molecular weight is 307 g/mol. The smallest absolute Gasteiger partial charge is 0.271 e. The molecule has 0 N–H and O–H groups in total. The van der Waals surface area contributed by atoms with Gasteiger partial charge >= 0.3 is 0 Å². The molecule has 1 saturated heterocycles. The molecule has 0 amide bonds. The fourth-order valence-corrected chi connectivity index (χ4v) is 2.34. The van der Waals surface area contributed by atoms with Crippen LogP contribution in [0.1, 0.15) is 0 Å². The molecular formula is C13H16BBrN2O. The predicted molar refractivity (Wildman–Crippen MR) is 78.9 cm³/mol. The van der Waals surface area contributed by atoms with Gasteiger partial charge in [-0.1, -0.05) is 15.9 Å². The summed E-state index contributed by atoms with van der Waals surface area (Å²) in [6, 6.07) is 8.20. The molecule has 1 heterocycles. The third kappa shape index (κ3) is 3.42. The topological polar surface area (TPSA) is 36.3 Å². The van der Waals surface area contributed by atoms with Crippen LogP contribution in [-0.2, 0) is 0 Å². The number of benzene rings is 1. The summed E-state index contributed by atoms with van der Waals surface area (Å²) in [5.74, 6) is 3.26. The fourth-order valence-electron chi connectivity index (χ4n) is 2.18. The van der Waals surface area contributed by atoms with Crippen molar-refractivity contribution in [1.82, 2.24) is 0 Å². The van der Waals surface area contributed by atoms with Gasteiger partial charge in [0.2, 0.25) is 0 Å². The first kappa shape index (κ1) is 13.3. The van der Waals surface area contributed by atoms with Crippen LogP contribution >= 0.6 is 15.9 Å². The maximum Gasteiger partial charge on any atom is 0.271 e. The Morgan fingerprint density at radius 1 is 1.28 bits per heavy atom. The van der Waals surface area contributed by atoms with E-state index in [0.717, 1.165) is 36.8 Å². The summed E-state index contributed by atoms with van der Waals surface area (Å²) in [5, 5.41) is 9.72. The summed E-state index contributed by atoms with van der Waals surface area (Å²) in [7, 11) is 0. The summed E-state index contributed by atoms with van der Waals surface area (Å²) in [5.41, 5.74) is 1.22. The largest absolute Gasteiger partial charge is 0.493 e. The van der Waals surface area contributed by atoms with Crippen LogP contribution < -0.4 is 9.64 Å². The molecule has 1 aliphatic rings. The summed E-state index contributed by atoms with van der Waals surface area (Å²) >= 11 is 3.34. The van der Waals surface area contributed by atoms with Gasteiger partial charge in [-0.3, -0.25) is 0 Å². The van der Waals surface area contributed by atoms with Gasteiger partial charge in [0.15, 0.2) is 0 Å². The van der Waals surface area contributed by atoms with E-state index in [-0.39, 0.29) is 6.71 Å². The number of nitrogens with zero attached hydrogens (tertiary/aromatic N) is 2. The van der Waals surface area contributed by atoms with Gasteiger partial charge in [0.05, 0.1) is 6.61 Å². The number of rotatable bonds is 4. The van der Waals surface area contributed by atoms with Gasteiger partial charge in [0.25, 0.3) is 6.71 Å². The van der Waals surface area contributed by atoms with E-state index in [1.165, 1.54) is 5.69 Å². The van der Waals surface area contributed by atoms with Crippen LogP contribution in [0.5, 0.6) is 5.75 Å². The quantitative estimate of drug-likeness (QED) is 0.634. The lowest BCUT2D eigenvalue weighted by Crippen LogP contribution is -2.36. The Morgan fingerprint density at radius 3 is 2.50 bits per heavy atom. The van der Waals surface area contributed by atoms with Crippen LogP contribution in [0.25, 0.3) is 0 Å². The van der Waals surface area contributed by atoms with Crippen LogP contribution in [0.4, 0.5) is 5.69 Å². The first-order valence-electron chi connectivity index (χ1n) is 6.27. The summed E-state index contributed by atoms with van der Waals surface area (Å²) < 4.78 is 5.52. The Balaban J connectivity index is 1.92. The maximum absolute atomic E-state index is 8.88. The molecule has 5 heteroatoms. The highest BCUT2D eigenvalue weighted by atomic mass is 79.9. The van der Waals surface area contributed by atoms with Gasteiger partial charge in [-0.25, -0.2) is 5.26 Å². The van der Waals surface area contributed by atoms with E-state index in [4.69, 9.17) is 10.00 Å². The van der Waals surface area contributed by atoms with Crippen LogP contribution in [-0.4, -0.2) is 31.7 Å². The lowest BCUT2D eigenvalue weighted by atomic mass is 9.45. The van der Waals surface area contributed by atoms with Gasteiger partial charge in [0.1, 0.15) is 5.75 Å². The van der Waals surface area contributed by atoms with E-state index >= 15 is 0 Å². The second-order valence-electron chi connectivity index (χ2n) is 4.42. The first-order valence-corrected chi connectivity index (χ1v) is 7.39. The Hall–Kier alpha value is -1.15. The molecule has 0 saturated carbocycles. The molecule has 0 aliphatic carbocycles. The summed E-state index contributed by atoms with van der Waals surface area (Å²) in [6.07, 6.45) is 1.94. The molecule has 1 aliphatic heterocycles. The summed E-state index contributed by atoms with van der Waals surface area (Å²) in [4.78, 5) is 2.34. The van der Waals surface area contributed by atoms with E-state index in [2.05, 4.69) is 38.9 Å². The van der Waals surface area contributed by atoms with E-state index < -0.39 is 0 Å². The Kier molecular flexibility index (Phi) is 4.95. The molecule has 1 aromatic rings. The predicted octanol–water partition coefficient (Wildman–Crippen LogP) is 2.84. The molecule has 0 aromatic heterocycles. The first-order chi connectivity index (χ1) is 8.83. The van der Waals surface area contributed by atoms with Crippen LogP contribution in [0.2, 0.25) is 12.6 Å². The maximum atomic E-state index is 8.88. The third-order valence-electron chi connectivity index (χ3n) is 3.23. The van der Waals surface area contributed by atoms with Crippen molar-refractivity contribution in [1.29, 1.82) is 5.26 Å². The Morgan fingerprint density at radius 2 is 1.94 bits per heavy atom. The zero-order chi connectivity index (χ0) is 12.8. The lowest BCUT2D eigenvalue weighted by molar-refractivity contribution is 0.345. The number of nitriles is 1. The normalized spacial score (nSPS) is 15.3. The molecule has 94 valence electrons. The van der Waals surface area contributed by atoms with Gasteiger partial charge in [-0.05, 0) is 36.9 Å². The molecule has 1 aromatic carbocycles. The number of hydrogen-bond acceptors (Lipinski definition) is 3. The van der Waals surface area contributed by atoms with Gasteiger partial charge < -0.3 is 9.64 Å². The molecule has 0 bridgehead atoms. The highest BCUT2D eigenvalue weighted by molar-refractivity contribution is 9.09. The van der Waals surface area contributed by atoms with Crippen molar-refractivity contribution in [2.75, 3.05) is 29.9 Å². The fraction of sp³-hybridized carbons (Fsp3) is 0.462. The van der Waals surface area contributed by atoms with E-state index in [1.54, 1.807) is 0 Å². The van der Waals surface area contributed by atoms with Crippen molar-refractivity contribution in [2.24, 2.45) is 0 Å². The van der Waals surface area contributed by atoms with E-state index in [9.17, 15) is 0 Å². The van der Waals surface area contributed by atoms with Crippen LogP contribution in [0, 0.1) is 11.2 Å². The second-order valence-corrected chi connectivity index (χ2v) is 5.21. The molecule has 0 unspecified atom stereocenters. The highest BCUT2D eigenvalue weighted by Gasteiger charge is 2.22. The zero-order valence-corrected chi connectivity index (χ0v) is 11.9. The highest BCUT2D eigenvalue weighted by Crippen LogP contribution is 2.23. The zero-order valence-electron chi connectivity index (χ0n) is 10.3. The second kappa shape index (κ2) is 6.70. The van der Waals surface area contributed by atoms with Crippen molar-refractivity contribution < 1.29 is 4.74 Å². The molecule has 3 nitrogen and oxygen atoms in total. The minimum atomic E-state index is 0.239. The molecular weight excluding hydrogens is 291 g/mol. The lowest BCUT2D eigenvalue weighted by Gasteiger charge is -2.30. The molecule has 0 atom stereocenters. The van der Waals surface area contributed by atoms with Gasteiger partial charge in [-0.15, -0.1) is 0 Å². The SMILES string of the molecule is N#CB1CCN(c2ccc(OCCBr)cc2)CC1. The molecule has 0 radical (unpaired) electrons. The monoisotopic (exact) mass is 306 g/mol.